The van der Waals surface area contributed by atoms with Crippen molar-refractivity contribution in [3.63, 3.8) is 0 Å². The topological polar surface area (TPSA) is 24.4 Å². The van der Waals surface area contributed by atoms with Crippen LogP contribution in [0.25, 0.3) is 0 Å². The standard InChI is InChI=1S/H5N2P3/c3-1-5-2-4/h3-4H2,(H,1,2). The van der Waals surface area contributed by atoms with Gasteiger partial charge in [-0.25, -0.2) is 9.37 Å². The second-order valence-corrected chi connectivity index (χ2v) is 2.50. The molecule has 1 N–H and O–H groups in total. The van der Waals surface area contributed by atoms with Crippen LogP contribution in [0, 0.1) is 0 Å². The minimum Gasteiger partial charge on any atom is -0.239 e. The van der Waals surface area contributed by atoms with Gasteiger partial charge in [-0.05, 0) is 9.39 Å². The van der Waals surface area contributed by atoms with Crippen molar-refractivity contribution in [1.29, 1.82) is 0 Å². The van der Waals surface area contributed by atoms with Gasteiger partial charge < -0.3 is 0 Å². The molecule has 0 spiro atoms. The number of hydrogen-bond acceptors (Lipinski definition) is 1. The fraction of sp³-hybridized carbons (Fsp3) is 0. The van der Waals surface area contributed by atoms with Crippen molar-refractivity contribution in [2.24, 2.45) is 4.52 Å². The van der Waals surface area contributed by atoms with E-state index in [1.54, 1.807) is 0 Å². The molecule has 0 aromatic carbocycles. The second kappa shape index (κ2) is 4.92. The summed E-state index contributed by atoms with van der Waals surface area (Å²) in [5.41, 5.74) is 0. The summed E-state index contributed by atoms with van der Waals surface area (Å²) in [6.07, 6.45) is 0. The van der Waals surface area contributed by atoms with Gasteiger partial charge in [0.15, 0.2) is 0 Å². The van der Waals surface area contributed by atoms with E-state index in [9.17, 15) is 0 Å². The van der Waals surface area contributed by atoms with Crippen molar-refractivity contribution in [1.82, 2.24) is 4.86 Å². The highest BCUT2D eigenvalue weighted by atomic mass is 31.1. The first kappa shape index (κ1) is 5.92. The molecule has 0 aromatic rings. The first-order valence-electron chi connectivity index (χ1n) is 0.970. The Kier molecular flexibility index (Phi) is 5.83. The molecular weight excluding hydrogens is 121 g/mol. The van der Waals surface area contributed by atoms with Gasteiger partial charge in [0.2, 0.25) is 0 Å². The summed E-state index contributed by atoms with van der Waals surface area (Å²) in [6.45, 7) is 0. The molecule has 0 aliphatic rings. The van der Waals surface area contributed by atoms with Crippen LogP contribution in [-0.2, 0) is 0 Å². The molecule has 2 atom stereocenters. The van der Waals surface area contributed by atoms with Crippen LogP contribution in [-0.4, -0.2) is 0 Å². The van der Waals surface area contributed by atoms with Gasteiger partial charge >= 0.3 is 0 Å². The molecule has 0 aromatic heterocycles. The molecule has 0 bridgehead atoms. The maximum absolute atomic E-state index is 3.61. The van der Waals surface area contributed by atoms with E-state index in [0.717, 1.165) is 8.52 Å². The van der Waals surface area contributed by atoms with Gasteiger partial charge in [-0.1, -0.05) is 9.39 Å². The Hall–Kier alpha value is 0.920. The third kappa shape index (κ3) is 4.92. The van der Waals surface area contributed by atoms with E-state index in [-0.39, 0.29) is 0 Å². The predicted molar refractivity (Wildman–Crippen MR) is 31.9 cm³/mol. The van der Waals surface area contributed by atoms with Crippen LogP contribution >= 0.6 is 27.3 Å². The van der Waals surface area contributed by atoms with Gasteiger partial charge in [-0.2, -0.15) is 0 Å². The van der Waals surface area contributed by atoms with Crippen molar-refractivity contribution in [3.8, 4) is 0 Å². The van der Waals surface area contributed by atoms with E-state index in [1.807, 2.05) is 0 Å². The van der Waals surface area contributed by atoms with Crippen LogP contribution in [0.15, 0.2) is 4.52 Å². The molecule has 0 saturated carbocycles. The number of rotatable bonds is 1. The molecule has 0 amide bonds. The van der Waals surface area contributed by atoms with E-state index in [1.165, 1.54) is 0 Å². The molecule has 0 rings (SSSR count). The van der Waals surface area contributed by atoms with E-state index in [0.29, 0.717) is 0 Å². The maximum Gasteiger partial charge on any atom is 0.0973 e. The molecule has 0 aliphatic carbocycles. The van der Waals surface area contributed by atoms with E-state index >= 15 is 0 Å². The largest absolute Gasteiger partial charge is 0.239 e. The maximum atomic E-state index is 3.61. The Morgan fingerprint density at radius 2 is 2.40 bits per heavy atom. The molecule has 0 aliphatic heterocycles. The number of hydrogen-bond donors (Lipinski definition) is 1. The molecule has 2 nitrogen and oxygen atoms in total. The van der Waals surface area contributed by atoms with Gasteiger partial charge in [0.25, 0.3) is 0 Å². The van der Waals surface area contributed by atoms with Crippen molar-refractivity contribution >= 4 is 27.3 Å². The summed E-state index contributed by atoms with van der Waals surface area (Å²) in [4.78, 5) is 2.72. The summed E-state index contributed by atoms with van der Waals surface area (Å²) in [7, 11) is 5.45. The highest BCUT2D eigenvalue weighted by Crippen LogP contribution is 1.98. The summed E-state index contributed by atoms with van der Waals surface area (Å²) in [5, 5.41) is 0. The van der Waals surface area contributed by atoms with Gasteiger partial charge in [0, 0.05) is 0 Å². The van der Waals surface area contributed by atoms with Crippen LogP contribution in [0.3, 0.4) is 0 Å². The molecule has 30 valence electrons. The SMILES string of the molecule is PN=PNP. The zero-order valence-corrected chi connectivity index (χ0v) is 5.75. The first-order valence-corrected chi connectivity index (χ1v) is 2.91. The van der Waals surface area contributed by atoms with E-state index in [4.69, 9.17) is 0 Å². The van der Waals surface area contributed by atoms with Crippen LogP contribution in [0.2, 0.25) is 0 Å². The highest BCUT2D eigenvalue weighted by Gasteiger charge is 1.49. The van der Waals surface area contributed by atoms with Crippen molar-refractivity contribution in [2.45, 2.75) is 0 Å². The third-order valence-electron chi connectivity index (χ3n) is 0.115. The van der Waals surface area contributed by atoms with Crippen molar-refractivity contribution in [3.05, 3.63) is 0 Å². The predicted octanol–water partition coefficient (Wildman–Crippen LogP) is 1.20. The minimum atomic E-state index is 0.881. The molecule has 0 saturated heterocycles. The smallest absolute Gasteiger partial charge is 0.0973 e. The Morgan fingerprint density at radius 3 is 2.40 bits per heavy atom. The van der Waals surface area contributed by atoms with Crippen molar-refractivity contribution < 1.29 is 0 Å². The molecule has 5 heavy (non-hydrogen) atoms. The Labute approximate surface area is 37.6 Å². The molecule has 0 heterocycles. The lowest BCUT2D eigenvalue weighted by atomic mass is 13.9. The quantitative estimate of drug-likeness (QED) is 0.524. The highest BCUT2D eigenvalue weighted by molar-refractivity contribution is 7.41. The summed E-state index contributed by atoms with van der Waals surface area (Å²) in [5.74, 6) is 0. The Morgan fingerprint density at radius 1 is 1.80 bits per heavy atom. The van der Waals surface area contributed by atoms with Gasteiger partial charge in [-0.3, -0.25) is 0 Å². The van der Waals surface area contributed by atoms with Crippen LogP contribution in [0.4, 0.5) is 0 Å². The molecule has 5 heteroatoms. The molecular formula is H5N2P3. The second-order valence-electron chi connectivity index (χ2n) is 0.345. The number of nitrogens with zero attached hydrogens (tertiary/aromatic N) is 1. The van der Waals surface area contributed by atoms with Gasteiger partial charge in [0.1, 0.15) is 0 Å². The lowest BCUT2D eigenvalue weighted by Crippen LogP contribution is -1.59. The fourth-order valence-corrected chi connectivity index (χ4v) is 0.900. The summed E-state index contributed by atoms with van der Waals surface area (Å²) >= 11 is 0. The van der Waals surface area contributed by atoms with Crippen LogP contribution in [0.1, 0.15) is 0 Å². The fourth-order valence-electron chi connectivity index (χ4n) is 0.0333. The normalized spacial score (nSPS) is 10.0. The monoisotopic (exact) mass is 126 g/mol. The van der Waals surface area contributed by atoms with Crippen molar-refractivity contribution in [2.75, 3.05) is 0 Å². The lowest BCUT2D eigenvalue weighted by Gasteiger charge is -1.69. The van der Waals surface area contributed by atoms with Crippen LogP contribution < -0.4 is 4.86 Å². The zero-order valence-electron chi connectivity index (χ0n) is 2.55. The van der Waals surface area contributed by atoms with E-state index in [2.05, 4.69) is 28.2 Å². The molecule has 2 unspecified atom stereocenters. The van der Waals surface area contributed by atoms with Gasteiger partial charge in [0.05, 0.1) is 8.52 Å². The van der Waals surface area contributed by atoms with Crippen LogP contribution in [0.5, 0.6) is 0 Å². The zero-order chi connectivity index (χ0) is 4.12. The minimum absolute atomic E-state index is 0.881. The Balaban J connectivity index is 2.62. The number of nitrogens with one attached hydrogen (secondary N) is 1. The van der Waals surface area contributed by atoms with E-state index < -0.39 is 0 Å². The summed E-state index contributed by atoms with van der Waals surface area (Å²) in [6, 6.07) is 0. The first-order chi connectivity index (χ1) is 2.41. The lowest BCUT2D eigenvalue weighted by molar-refractivity contribution is 1.74. The summed E-state index contributed by atoms with van der Waals surface area (Å²) < 4.78 is 3.61. The molecule has 0 radical (unpaired) electrons. The van der Waals surface area contributed by atoms with Gasteiger partial charge in [-0.15, -0.1) is 0 Å². The average Bonchev–Trinajstić information content (AvgIpc) is 1.41. The average molecular weight is 126 g/mol. The Bertz CT molecular complexity index is 31.9. The molecule has 0 fully saturated rings. The third-order valence-corrected chi connectivity index (χ3v) is 1.04.